The van der Waals surface area contributed by atoms with Crippen LogP contribution in [0.2, 0.25) is 5.02 Å². The minimum atomic E-state index is 0.0913. The highest BCUT2D eigenvalue weighted by Gasteiger charge is 2.21. The average molecular weight is 332 g/mol. The van der Waals surface area contributed by atoms with Crippen molar-refractivity contribution < 1.29 is 9.15 Å². The van der Waals surface area contributed by atoms with Gasteiger partial charge in [-0.15, -0.1) is 0 Å². The first kappa shape index (κ1) is 14.1. The van der Waals surface area contributed by atoms with Gasteiger partial charge in [-0.25, -0.2) is 4.98 Å². The molecule has 22 heavy (non-hydrogen) atoms. The number of halogens is 1. The molecule has 3 nitrogen and oxygen atoms in total. The quantitative estimate of drug-likeness (QED) is 0.640. The van der Waals surface area contributed by atoms with Crippen molar-refractivity contribution in [3.63, 3.8) is 0 Å². The SMILES string of the molecule is Clc1ccc2oc(SC[C@@H]3OCCc4ccccc43)nc2c1. The molecular weight excluding hydrogens is 318 g/mol. The van der Waals surface area contributed by atoms with Crippen LogP contribution in [0.4, 0.5) is 0 Å². The third-order valence-electron chi connectivity index (χ3n) is 3.78. The molecule has 112 valence electrons. The fourth-order valence-electron chi connectivity index (χ4n) is 2.70. The summed E-state index contributed by atoms with van der Waals surface area (Å²) in [5, 5.41) is 1.32. The summed E-state index contributed by atoms with van der Waals surface area (Å²) in [4.78, 5) is 4.47. The van der Waals surface area contributed by atoms with Gasteiger partial charge < -0.3 is 9.15 Å². The van der Waals surface area contributed by atoms with E-state index < -0.39 is 0 Å². The molecule has 3 aromatic rings. The molecule has 0 radical (unpaired) electrons. The van der Waals surface area contributed by atoms with Crippen LogP contribution < -0.4 is 0 Å². The monoisotopic (exact) mass is 331 g/mol. The number of benzene rings is 2. The first-order chi connectivity index (χ1) is 10.8. The number of oxazole rings is 1. The summed E-state index contributed by atoms with van der Waals surface area (Å²) in [5.41, 5.74) is 4.21. The molecule has 0 fully saturated rings. The van der Waals surface area contributed by atoms with Crippen LogP contribution in [0.1, 0.15) is 17.2 Å². The maximum atomic E-state index is 5.97. The average Bonchev–Trinajstić information content (AvgIpc) is 2.95. The molecule has 2 aromatic carbocycles. The van der Waals surface area contributed by atoms with Crippen molar-refractivity contribution in [2.24, 2.45) is 0 Å². The Labute approximate surface area is 137 Å². The summed E-state index contributed by atoms with van der Waals surface area (Å²) in [6.45, 7) is 0.769. The Morgan fingerprint density at radius 1 is 1.23 bits per heavy atom. The van der Waals surface area contributed by atoms with Gasteiger partial charge in [-0.2, -0.15) is 0 Å². The van der Waals surface area contributed by atoms with Gasteiger partial charge in [0.15, 0.2) is 5.58 Å². The first-order valence-electron chi connectivity index (χ1n) is 7.18. The lowest BCUT2D eigenvalue weighted by Crippen LogP contribution is -2.17. The number of rotatable bonds is 3. The predicted molar refractivity (Wildman–Crippen MR) is 88.6 cm³/mol. The highest BCUT2D eigenvalue weighted by Crippen LogP contribution is 2.33. The predicted octanol–water partition coefficient (Wildman–Crippen LogP) is 4.89. The van der Waals surface area contributed by atoms with Crippen LogP contribution in [0.5, 0.6) is 0 Å². The van der Waals surface area contributed by atoms with Crippen molar-refractivity contribution in [1.29, 1.82) is 0 Å². The topological polar surface area (TPSA) is 35.3 Å². The molecule has 0 N–H and O–H groups in total. The molecule has 4 rings (SSSR count). The minimum Gasteiger partial charge on any atom is -0.431 e. The Morgan fingerprint density at radius 3 is 3.09 bits per heavy atom. The van der Waals surface area contributed by atoms with Crippen molar-refractivity contribution >= 4 is 34.5 Å². The molecule has 0 unspecified atom stereocenters. The van der Waals surface area contributed by atoms with Crippen LogP contribution >= 0.6 is 23.4 Å². The zero-order valence-electron chi connectivity index (χ0n) is 11.8. The van der Waals surface area contributed by atoms with E-state index in [1.165, 1.54) is 11.1 Å². The Morgan fingerprint density at radius 2 is 2.14 bits per heavy atom. The minimum absolute atomic E-state index is 0.0913. The lowest BCUT2D eigenvalue weighted by Gasteiger charge is -2.25. The molecule has 0 amide bonds. The van der Waals surface area contributed by atoms with Crippen LogP contribution in [-0.4, -0.2) is 17.3 Å². The summed E-state index contributed by atoms with van der Waals surface area (Å²) in [6.07, 6.45) is 1.08. The van der Waals surface area contributed by atoms with E-state index in [0.717, 1.165) is 29.9 Å². The van der Waals surface area contributed by atoms with Crippen LogP contribution in [-0.2, 0) is 11.2 Å². The lowest BCUT2D eigenvalue weighted by atomic mass is 9.99. The largest absolute Gasteiger partial charge is 0.431 e. The van der Waals surface area contributed by atoms with E-state index >= 15 is 0 Å². The first-order valence-corrected chi connectivity index (χ1v) is 8.54. The molecule has 0 saturated heterocycles. The van der Waals surface area contributed by atoms with E-state index in [2.05, 4.69) is 29.2 Å². The van der Waals surface area contributed by atoms with Crippen LogP contribution in [0.15, 0.2) is 52.1 Å². The van der Waals surface area contributed by atoms with Gasteiger partial charge in [0.05, 0.1) is 12.7 Å². The zero-order valence-corrected chi connectivity index (χ0v) is 13.4. The number of nitrogens with zero attached hydrogens (tertiary/aromatic N) is 1. The van der Waals surface area contributed by atoms with Gasteiger partial charge in [0.25, 0.3) is 5.22 Å². The lowest BCUT2D eigenvalue weighted by molar-refractivity contribution is 0.0587. The van der Waals surface area contributed by atoms with Crippen LogP contribution in [0.25, 0.3) is 11.1 Å². The third-order valence-corrected chi connectivity index (χ3v) is 4.91. The molecule has 1 aromatic heterocycles. The molecule has 1 aliphatic heterocycles. The van der Waals surface area contributed by atoms with E-state index in [-0.39, 0.29) is 6.10 Å². The zero-order chi connectivity index (χ0) is 14.9. The van der Waals surface area contributed by atoms with Crippen molar-refractivity contribution in [2.45, 2.75) is 17.7 Å². The molecule has 2 heterocycles. The highest BCUT2D eigenvalue weighted by atomic mass is 35.5. The Bertz CT molecular complexity index is 817. The highest BCUT2D eigenvalue weighted by molar-refractivity contribution is 7.99. The standard InChI is InChI=1S/C17H14ClNO2S/c18-12-5-6-15-14(9-12)19-17(21-15)22-10-16-13-4-2-1-3-11(13)7-8-20-16/h1-6,9,16H,7-8,10H2/t16-/m0/s1. The summed E-state index contributed by atoms with van der Waals surface area (Å²) in [5.74, 6) is 0.789. The van der Waals surface area contributed by atoms with Crippen molar-refractivity contribution in [3.05, 3.63) is 58.6 Å². The van der Waals surface area contributed by atoms with Gasteiger partial charge in [-0.1, -0.05) is 47.6 Å². The molecule has 0 spiro atoms. The third kappa shape index (κ3) is 2.74. The van der Waals surface area contributed by atoms with Crippen molar-refractivity contribution in [2.75, 3.05) is 12.4 Å². The van der Waals surface area contributed by atoms with E-state index in [4.69, 9.17) is 20.8 Å². The summed E-state index contributed by atoms with van der Waals surface area (Å²) < 4.78 is 11.6. The molecule has 5 heteroatoms. The second kappa shape index (κ2) is 5.95. The number of hydrogen-bond acceptors (Lipinski definition) is 4. The van der Waals surface area contributed by atoms with Gasteiger partial charge in [0, 0.05) is 10.8 Å². The molecule has 0 bridgehead atoms. The van der Waals surface area contributed by atoms with E-state index in [1.807, 2.05) is 18.2 Å². The van der Waals surface area contributed by atoms with Gasteiger partial charge in [-0.05, 0) is 35.7 Å². The molecule has 1 atom stereocenters. The fraction of sp³-hybridized carbons (Fsp3) is 0.235. The molecule has 0 aliphatic carbocycles. The Kier molecular flexibility index (Phi) is 3.82. The second-order valence-electron chi connectivity index (χ2n) is 5.21. The van der Waals surface area contributed by atoms with Crippen LogP contribution in [0, 0.1) is 0 Å². The number of hydrogen-bond donors (Lipinski definition) is 0. The number of thioether (sulfide) groups is 1. The Balaban J connectivity index is 1.52. The van der Waals surface area contributed by atoms with E-state index in [0.29, 0.717) is 10.2 Å². The van der Waals surface area contributed by atoms with Gasteiger partial charge in [-0.3, -0.25) is 0 Å². The van der Waals surface area contributed by atoms with E-state index in [1.54, 1.807) is 11.8 Å². The van der Waals surface area contributed by atoms with Gasteiger partial charge in [0.2, 0.25) is 0 Å². The molecule has 0 saturated carbocycles. The number of fused-ring (bicyclic) bond motifs is 2. The normalized spacial score (nSPS) is 17.6. The summed E-state index contributed by atoms with van der Waals surface area (Å²) in [6, 6.07) is 13.9. The fourth-order valence-corrected chi connectivity index (χ4v) is 3.75. The Hall–Kier alpha value is -1.49. The molecular formula is C17H14ClNO2S. The van der Waals surface area contributed by atoms with Gasteiger partial charge >= 0.3 is 0 Å². The van der Waals surface area contributed by atoms with Crippen molar-refractivity contribution in [1.82, 2.24) is 4.98 Å². The smallest absolute Gasteiger partial charge is 0.256 e. The summed E-state index contributed by atoms with van der Waals surface area (Å²) >= 11 is 7.55. The van der Waals surface area contributed by atoms with E-state index in [9.17, 15) is 0 Å². The van der Waals surface area contributed by atoms with Crippen molar-refractivity contribution in [3.8, 4) is 0 Å². The maximum Gasteiger partial charge on any atom is 0.256 e. The number of aromatic nitrogens is 1. The number of ether oxygens (including phenoxy) is 1. The summed E-state index contributed by atoms with van der Waals surface area (Å²) in [7, 11) is 0. The maximum absolute atomic E-state index is 5.97. The van der Waals surface area contributed by atoms with Gasteiger partial charge in [0.1, 0.15) is 5.52 Å². The second-order valence-corrected chi connectivity index (χ2v) is 6.62. The molecule has 1 aliphatic rings. The van der Waals surface area contributed by atoms with Crippen LogP contribution in [0.3, 0.4) is 0 Å².